The van der Waals surface area contributed by atoms with Gasteiger partial charge in [0.2, 0.25) is 15.8 Å². The lowest BCUT2D eigenvalue weighted by Crippen LogP contribution is -2.21. The largest absolute Gasteiger partial charge is 0.494 e. The van der Waals surface area contributed by atoms with E-state index in [4.69, 9.17) is 26.2 Å². The Labute approximate surface area is 120 Å². The molecule has 0 saturated carbocycles. The van der Waals surface area contributed by atoms with Crippen molar-refractivity contribution in [3.05, 3.63) is 35.2 Å². The summed E-state index contributed by atoms with van der Waals surface area (Å²) in [5.41, 5.74) is 0.110. The van der Waals surface area contributed by atoms with Gasteiger partial charge in [0.05, 0.1) is 15.6 Å². The Morgan fingerprint density at radius 2 is 2.10 bits per heavy atom. The zero-order valence-corrected chi connectivity index (χ0v) is 11.7. The van der Waals surface area contributed by atoms with Gasteiger partial charge in [0, 0.05) is 0 Å². The van der Waals surface area contributed by atoms with E-state index in [2.05, 4.69) is 5.32 Å². The fraction of sp³-hybridized carbons (Fsp3) is 0.182. The van der Waals surface area contributed by atoms with Crippen molar-refractivity contribution in [2.75, 3.05) is 18.5 Å². The molecule has 1 aromatic rings. The summed E-state index contributed by atoms with van der Waals surface area (Å²) >= 11 is 5.89. The van der Waals surface area contributed by atoms with Crippen molar-refractivity contribution in [2.45, 2.75) is 4.90 Å². The van der Waals surface area contributed by atoms with Crippen molar-refractivity contribution < 1.29 is 22.7 Å². The third-order valence-electron chi connectivity index (χ3n) is 2.39. The molecule has 0 spiro atoms. The monoisotopic (exact) mass is 318 g/mol. The maximum absolute atomic E-state index is 11.9. The zero-order chi connectivity index (χ0) is 14.8. The van der Waals surface area contributed by atoms with E-state index in [9.17, 15) is 13.2 Å². The summed E-state index contributed by atoms with van der Waals surface area (Å²) in [7, 11) is -3.88. The second-order valence-corrected chi connectivity index (χ2v) is 5.81. The fourth-order valence-corrected chi connectivity index (χ4v) is 2.15. The average Bonchev–Trinajstić information content (AvgIpc) is 2.41. The maximum atomic E-state index is 11.9. The summed E-state index contributed by atoms with van der Waals surface area (Å²) in [5, 5.41) is 7.61. The summed E-state index contributed by atoms with van der Waals surface area (Å²) in [6.07, 6.45) is 1.18. The second kappa shape index (κ2) is 5.70. The van der Waals surface area contributed by atoms with Gasteiger partial charge < -0.3 is 14.8 Å². The van der Waals surface area contributed by atoms with Crippen molar-refractivity contribution >= 4 is 33.2 Å². The van der Waals surface area contributed by atoms with Crippen molar-refractivity contribution in [1.29, 1.82) is 0 Å². The molecule has 9 heteroatoms. The van der Waals surface area contributed by atoms with Gasteiger partial charge in [-0.3, -0.25) is 4.79 Å². The molecule has 3 N–H and O–H groups in total. The Kier molecular flexibility index (Phi) is 4.17. The van der Waals surface area contributed by atoms with Crippen LogP contribution < -0.4 is 10.5 Å². The minimum Gasteiger partial charge on any atom is -0.494 e. The standard InChI is InChI=1S/C11H11ClN2O5S/c12-8-2-1-7(20(13,16)17)5-9(8)14-11(15)10-6-18-3-4-19-10/h1-2,5-6H,3-4H2,(H,14,15)(H2,13,16,17). The molecule has 1 aliphatic rings. The first-order valence-electron chi connectivity index (χ1n) is 5.46. The van der Waals surface area contributed by atoms with Crippen LogP contribution in [-0.2, 0) is 24.3 Å². The summed E-state index contributed by atoms with van der Waals surface area (Å²) < 4.78 is 32.5. The van der Waals surface area contributed by atoms with E-state index in [-0.39, 0.29) is 28.0 Å². The molecule has 1 aromatic carbocycles. The van der Waals surface area contributed by atoms with Gasteiger partial charge in [0.25, 0.3) is 5.91 Å². The van der Waals surface area contributed by atoms with Gasteiger partial charge in [0.15, 0.2) is 0 Å². The normalized spacial score (nSPS) is 14.8. The van der Waals surface area contributed by atoms with Crippen molar-refractivity contribution in [3.8, 4) is 0 Å². The van der Waals surface area contributed by atoms with E-state index in [1.54, 1.807) is 0 Å². The first-order chi connectivity index (χ1) is 9.38. The van der Waals surface area contributed by atoms with Crippen LogP contribution in [0.3, 0.4) is 0 Å². The molecule has 0 aliphatic carbocycles. The van der Waals surface area contributed by atoms with Crippen LogP contribution in [0.25, 0.3) is 0 Å². The van der Waals surface area contributed by atoms with Crippen LogP contribution in [0.15, 0.2) is 35.1 Å². The number of halogens is 1. The third kappa shape index (κ3) is 3.41. The maximum Gasteiger partial charge on any atom is 0.294 e. The Hall–Kier alpha value is -1.77. The predicted octanol–water partition coefficient (Wildman–Crippen LogP) is 0.814. The number of nitrogens with two attached hydrogens (primary N) is 1. The van der Waals surface area contributed by atoms with Gasteiger partial charge in [-0.25, -0.2) is 13.6 Å². The van der Waals surface area contributed by atoms with E-state index in [1.165, 1.54) is 24.5 Å². The highest BCUT2D eigenvalue weighted by Gasteiger charge is 2.18. The van der Waals surface area contributed by atoms with Crippen molar-refractivity contribution in [1.82, 2.24) is 0 Å². The molecule has 1 amide bonds. The lowest BCUT2D eigenvalue weighted by molar-refractivity contribution is -0.117. The quantitative estimate of drug-likeness (QED) is 0.857. The molecule has 1 aliphatic heterocycles. The smallest absolute Gasteiger partial charge is 0.294 e. The molecular formula is C11H11ClN2O5S. The Morgan fingerprint density at radius 1 is 1.35 bits per heavy atom. The van der Waals surface area contributed by atoms with E-state index in [1.807, 2.05) is 0 Å². The second-order valence-electron chi connectivity index (χ2n) is 3.84. The Bertz CT molecular complexity index is 671. The van der Waals surface area contributed by atoms with E-state index in [0.717, 1.165) is 0 Å². The van der Waals surface area contributed by atoms with Crippen LogP contribution in [0.1, 0.15) is 0 Å². The molecule has 0 aromatic heterocycles. The molecule has 0 fully saturated rings. The molecule has 0 radical (unpaired) electrons. The number of carbonyl (C=O) groups excluding carboxylic acids is 1. The van der Waals surface area contributed by atoms with Gasteiger partial charge in [-0.05, 0) is 18.2 Å². The number of ether oxygens (including phenoxy) is 2. The van der Waals surface area contributed by atoms with E-state index in [0.29, 0.717) is 6.61 Å². The number of benzene rings is 1. The highest BCUT2D eigenvalue weighted by Crippen LogP contribution is 2.25. The summed E-state index contributed by atoms with van der Waals surface area (Å²) in [6, 6.07) is 3.73. The number of hydrogen-bond acceptors (Lipinski definition) is 5. The molecule has 0 saturated heterocycles. The highest BCUT2D eigenvalue weighted by atomic mass is 35.5. The Morgan fingerprint density at radius 3 is 2.70 bits per heavy atom. The first kappa shape index (κ1) is 14.6. The number of anilines is 1. The molecule has 2 rings (SSSR count). The summed E-state index contributed by atoms with van der Waals surface area (Å²) in [5.74, 6) is -0.619. The van der Waals surface area contributed by atoms with Gasteiger partial charge in [-0.15, -0.1) is 0 Å². The topological polar surface area (TPSA) is 108 Å². The molecule has 7 nitrogen and oxygen atoms in total. The minimum absolute atomic E-state index is 0.0201. The number of primary sulfonamides is 1. The minimum atomic E-state index is -3.88. The van der Waals surface area contributed by atoms with Gasteiger partial charge in [0.1, 0.15) is 19.5 Å². The zero-order valence-electron chi connectivity index (χ0n) is 10.1. The van der Waals surface area contributed by atoms with Crippen LogP contribution in [-0.4, -0.2) is 27.5 Å². The van der Waals surface area contributed by atoms with E-state index >= 15 is 0 Å². The van der Waals surface area contributed by atoms with Crippen molar-refractivity contribution in [3.63, 3.8) is 0 Å². The van der Waals surface area contributed by atoms with E-state index < -0.39 is 15.9 Å². The number of nitrogens with one attached hydrogen (secondary N) is 1. The first-order valence-corrected chi connectivity index (χ1v) is 7.38. The third-order valence-corrected chi connectivity index (χ3v) is 3.63. The number of amides is 1. The number of carbonyl (C=O) groups is 1. The van der Waals surface area contributed by atoms with Crippen LogP contribution in [0.5, 0.6) is 0 Å². The van der Waals surface area contributed by atoms with Crippen LogP contribution in [0.2, 0.25) is 5.02 Å². The number of hydrogen-bond donors (Lipinski definition) is 2. The number of sulfonamides is 1. The molecule has 0 bridgehead atoms. The number of rotatable bonds is 3. The van der Waals surface area contributed by atoms with Crippen LogP contribution in [0.4, 0.5) is 5.69 Å². The summed E-state index contributed by atoms with van der Waals surface area (Å²) in [4.78, 5) is 11.7. The lowest BCUT2D eigenvalue weighted by atomic mass is 10.3. The molecule has 1 heterocycles. The average molecular weight is 319 g/mol. The molecule has 108 valence electrons. The highest BCUT2D eigenvalue weighted by molar-refractivity contribution is 7.89. The predicted molar refractivity (Wildman–Crippen MR) is 71.4 cm³/mol. The lowest BCUT2D eigenvalue weighted by Gasteiger charge is -2.15. The molecule has 0 atom stereocenters. The summed E-state index contributed by atoms with van der Waals surface area (Å²) in [6.45, 7) is 0.614. The molecule has 20 heavy (non-hydrogen) atoms. The van der Waals surface area contributed by atoms with Crippen molar-refractivity contribution in [2.24, 2.45) is 5.14 Å². The molecular weight excluding hydrogens is 308 g/mol. The molecule has 0 unspecified atom stereocenters. The Balaban J connectivity index is 2.24. The van der Waals surface area contributed by atoms with Crippen LogP contribution in [0, 0.1) is 0 Å². The fourth-order valence-electron chi connectivity index (χ4n) is 1.45. The van der Waals surface area contributed by atoms with Gasteiger partial charge >= 0.3 is 0 Å². The van der Waals surface area contributed by atoms with Crippen LogP contribution >= 0.6 is 11.6 Å². The van der Waals surface area contributed by atoms with Gasteiger partial charge in [-0.2, -0.15) is 0 Å². The van der Waals surface area contributed by atoms with Gasteiger partial charge in [-0.1, -0.05) is 11.6 Å². The SMILES string of the molecule is NS(=O)(=O)c1ccc(Cl)c(NC(=O)C2=COCCO2)c1.